The van der Waals surface area contributed by atoms with Crippen molar-refractivity contribution < 1.29 is 8.42 Å². The molecule has 1 unspecified atom stereocenters. The Hall–Kier alpha value is -0.870. The molecule has 1 N–H and O–H groups in total. The number of nitrogens with one attached hydrogen (secondary N) is 1. The number of fused-ring (bicyclic) bond motifs is 1. The van der Waals surface area contributed by atoms with Crippen LogP contribution in [0.2, 0.25) is 0 Å². The predicted octanol–water partition coefficient (Wildman–Crippen LogP) is 2.73. The average Bonchev–Trinajstić information content (AvgIpc) is 3.02. The summed E-state index contributed by atoms with van der Waals surface area (Å²) in [4.78, 5) is 0.577. The molecule has 2 aliphatic rings. The van der Waals surface area contributed by atoms with Gasteiger partial charge in [0.1, 0.15) is 0 Å². The molecule has 1 heterocycles. The summed E-state index contributed by atoms with van der Waals surface area (Å²) >= 11 is 0. The number of benzene rings is 1. The minimum Gasteiger partial charge on any atom is -0.316 e. The Morgan fingerprint density at radius 3 is 2.65 bits per heavy atom. The molecule has 20 heavy (non-hydrogen) atoms. The Bertz CT molecular complexity index is 588. The van der Waals surface area contributed by atoms with Crippen LogP contribution in [-0.4, -0.2) is 27.3 Å². The topological polar surface area (TPSA) is 46.2 Å². The number of sulfone groups is 1. The molecular weight excluding hydrogens is 270 g/mol. The van der Waals surface area contributed by atoms with Crippen molar-refractivity contribution in [3.8, 4) is 0 Å². The molecule has 1 aromatic rings. The van der Waals surface area contributed by atoms with E-state index in [0.29, 0.717) is 10.6 Å². The first-order valence-corrected chi connectivity index (χ1v) is 9.27. The minimum atomic E-state index is -3.08. The lowest BCUT2D eigenvalue weighted by atomic mass is 9.71. The molecule has 0 radical (unpaired) electrons. The molecule has 0 saturated heterocycles. The highest BCUT2D eigenvalue weighted by Gasteiger charge is 2.48. The Labute approximate surface area is 121 Å². The summed E-state index contributed by atoms with van der Waals surface area (Å²) in [5, 5.41) is 3.47. The van der Waals surface area contributed by atoms with Gasteiger partial charge in [0.25, 0.3) is 0 Å². The van der Waals surface area contributed by atoms with Crippen molar-refractivity contribution in [1.82, 2.24) is 5.32 Å². The fourth-order valence-electron chi connectivity index (χ4n) is 4.06. The molecule has 0 amide bonds. The molecule has 1 atom stereocenters. The van der Waals surface area contributed by atoms with Gasteiger partial charge in [-0.2, -0.15) is 0 Å². The lowest BCUT2D eigenvalue weighted by Gasteiger charge is -2.35. The molecule has 1 fully saturated rings. The van der Waals surface area contributed by atoms with Crippen molar-refractivity contribution in [3.05, 3.63) is 29.8 Å². The van der Waals surface area contributed by atoms with Gasteiger partial charge >= 0.3 is 0 Å². The van der Waals surface area contributed by atoms with Crippen LogP contribution in [0.25, 0.3) is 0 Å². The average molecular weight is 293 g/mol. The van der Waals surface area contributed by atoms with Crippen molar-refractivity contribution in [3.63, 3.8) is 0 Å². The highest BCUT2D eigenvalue weighted by Crippen LogP contribution is 2.53. The van der Waals surface area contributed by atoms with Gasteiger partial charge in [0.2, 0.25) is 0 Å². The van der Waals surface area contributed by atoms with Gasteiger partial charge in [-0.15, -0.1) is 0 Å². The smallest absolute Gasteiger partial charge is 0.179 e. The summed E-state index contributed by atoms with van der Waals surface area (Å²) in [5.41, 5.74) is 1.20. The fourth-order valence-corrected chi connectivity index (χ4v) is 6.07. The maximum atomic E-state index is 12.4. The molecule has 1 aromatic carbocycles. The standard InChI is InChI=1S/C16H23NO2S/c1-2-17-12-16(9-5-6-10-16)14-11-20(18,19)15-8-4-3-7-13(14)15/h3-4,7-8,14,17H,2,5-6,9-12H2,1H3. The molecule has 0 bridgehead atoms. The maximum absolute atomic E-state index is 12.4. The third kappa shape index (κ3) is 2.19. The minimum absolute atomic E-state index is 0.135. The maximum Gasteiger partial charge on any atom is 0.179 e. The lowest BCUT2D eigenvalue weighted by molar-refractivity contribution is 0.234. The summed E-state index contributed by atoms with van der Waals surface area (Å²) in [7, 11) is -3.08. The molecule has 4 heteroatoms. The molecule has 3 nitrogen and oxygen atoms in total. The first-order chi connectivity index (χ1) is 9.59. The number of rotatable bonds is 4. The highest BCUT2D eigenvalue weighted by atomic mass is 32.2. The Balaban J connectivity index is 2.01. The Morgan fingerprint density at radius 2 is 1.95 bits per heavy atom. The Morgan fingerprint density at radius 1 is 1.25 bits per heavy atom. The second-order valence-corrected chi connectivity index (χ2v) is 8.22. The van der Waals surface area contributed by atoms with Gasteiger partial charge in [0, 0.05) is 12.5 Å². The van der Waals surface area contributed by atoms with E-state index >= 15 is 0 Å². The van der Waals surface area contributed by atoms with Crippen molar-refractivity contribution in [2.24, 2.45) is 5.41 Å². The third-order valence-electron chi connectivity index (χ3n) is 5.08. The van der Waals surface area contributed by atoms with E-state index < -0.39 is 9.84 Å². The van der Waals surface area contributed by atoms with Gasteiger partial charge in [0.05, 0.1) is 10.6 Å². The van der Waals surface area contributed by atoms with Gasteiger partial charge in [0.15, 0.2) is 9.84 Å². The van der Waals surface area contributed by atoms with E-state index in [1.165, 1.54) is 12.8 Å². The van der Waals surface area contributed by atoms with Gasteiger partial charge in [-0.3, -0.25) is 0 Å². The van der Waals surface area contributed by atoms with Crippen LogP contribution < -0.4 is 5.32 Å². The molecular formula is C16H23NO2S. The van der Waals surface area contributed by atoms with Crippen molar-refractivity contribution in [2.75, 3.05) is 18.8 Å². The third-order valence-corrected chi connectivity index (χ3v) is 6.90. The molecule has 0 aromatic heterocycles. The summed E-state index contributed by atoms with van der Waals surface area (Å²) in [6.07, 6.45) is 4.75. The second kappa shape index (κ2) is 5.15. The second-order valence-electron chi connectivity index (χ2n) is 6.22. The van der Waals surface area contributed by atoms with E-state index in [1.807, 2.05) is 18.2 Å². The van der Waals surface area contributed by atoms with Crippen LogP contribution in [0.1, 0.15) is 44.1 Å². The predicted molar refractivity (Wildman–Crippen MR) is 80.7 cm³/mol. The lowest BCUT2D eigenvalue weighted by Crippen LogP contribution is -2.38. The van der Waals surface area contributed by atoms with E-state index in [4.69, 9.17) is 0 Å². The van der Waals surface area contributed by atoms with Crippen LogP contribution in [0.15, 0.2) is 29.2 Å². The zero-order chi connectivity index (χ0) is 14.2. The van der Waals surface area contributed by atoms with E-state index in [1.54, 1.807) is 6.07 Å². The summed E-state index contributed by atoms with van der Waals surface area (Å²) in [6, 6.07) is 7.62. The SMILES string of the molecule is CCNCC1(C2CS(=O)(=O)c3ccccc32)CCCC1. The molecule has 3 rings (SSSR count). The van der Waals surface area contributed by atoms with E-state index in [2.05, 4.69) is 12.2 Å². The molecule has 1 aliphatic carbocycles. The fraction of sp³-hybridized carbons (Fsp3) is 0.625. The quantitative estimate of drug-likeness (QED) is 0.928. The molecule has 0 spiro atoms. The highest BCUT2D eigenvalue weighted by molar-refractivity contribution is 7.91. The Kier molecular flexibility index (Phi) is 3.63. The van der Waals surface area contributed by atoms with Crippen molar-refractivity contribution >= 4 is 9.84 Å². The van der Waals surface area contributed by atoms with Crippen LogP contribution in [-0.2, 0) is 9.84 Å². The zero-order valence-electron chi connectivity index (χ0n) is 12.1. The molecule has 1 aliphatic heterocycles. The first-order valence-electron chi connectivity index (χ1n) is 7.61. The van der Waals surface area contributed by atoms with Crippen LogP contribution in [0.4, 0.5) is 0 Å². The van der Waals surface area contributed by atoms with Gasteiger partial charge in [-0.25, -0.2) is 8.42 Å². The summed E-state index contributed by atoms with van der Waals surface area (Å²) in [5.74, 6) is 0.475. The van der Waals surface area contributed by atoms with Gasteiger partial charge < -0.3 is 5.32 Å². The normalized spacial score (nSPS) is 26.6. The van der Waals surface area contributed by atoms with Gasteiger partial charge in [-0.05, 0) is 36.4 Å². The van der Waals surface area contributed by atoms with Crippen LogP contribution in [0, 0.1) is 5.41 Å². The van der Waals surface area contributed by atoms with E-state index in [-0.39, 0.29) is 11.3 Å². The zero-order valence-corrected chi connectivity index (χ0v) is 12.9. The summed E-state index contributed by atoms with van der Waals surface area (Å²) < 4.78 is 24.8. The van der Waals surface area contributed by atoms with E-state index in [9.17, 15) is 8.42 Å². The number of hydrogen-bond acceptors (Lipinski definition) is 3. The van der Waals surface area contributed by atoms with Crippen LogP contribution in [0.5, 0.6) is 0 Å². The monoisotopic (exact) mass is 293 g/mol. The van der Waals surface area contributed by atoms with Crippen LogP contribution >= 0.6 is 0 Å². The van der Waals surface area contributed by atoms with Crippen molar-refractivity contribution in [2.45, 2.75) is 43.4 Å². The van der Waals surface area contributed by atoms with Crippen LogP contribution in [0.3, 0.4) is 0 Å². The largest absolute Gasteiger partial charge is 0.316 e. The van der Waals surface area contributed by atoms with Crippen molar-refractivity contribution in [1.29, 1.82) is 0 Å². The number of hydrogen-bond donors (Lipinski definition) is 1. The molecule has 1 saturated carbocycles. The van der Waals surface area contributed by atoms with Gasteiger partial charge in [-0.1, -0.05) is 38.0 Å². The summed E-state index contributed by atoms with van der Waals surface area (Å²) in [6.45, 7) is 4.00. The first kappa shape index (κ1) is 14.1. The van der Waals surface area contributed by atoms with E-state index in [0.717, 1.165) is 31.5 Å². The molecule has 110 valence electrons.